The van der Waals surface area contributed by atoms with Gasteiger partial charge in [-0.05, 0) is 49.4 Å². The lowest BCUT2D eigenvalue weighted by Gasteiger charge is -2.23. The molecule has 0 spiro atoms. The highest BCUT2D eigenvalue weighted by molar-refractivity contribution is 5.49. The Morgan fingerprint density at radius 1 is 1.22 bits per heavy atom. The highest BCUT2D eigenvalue weighted by Crippen LogP contribution is 2.23. The van der Waals surface area contributed by atoms with Crippen molar-refractivity contribution in [3.63, 3.8) is 0 Å². The van der Waals surface area contributed by atoms with E-state index in [0.717, 1.165) is 31.4 Å². The van der Waals surface area contributed by atoms with Crippen molar-refractivity contribution in [1.29, 1.82) is 0 Å². The molecule has 0 saturated heterocycles. The van der Waals surface area contributed by atoms with Gasteiger partial charge in [-0.25, -0.2) is 0 Å². The van der Waals surface area contributed by atoms with Crippen molar-refractivity contribution in [2.75, 3.05) is 5.32 Å². The van der Waals surface area contributed by atoms with Crippen LogP contribution in [0, 0.1) is 6.92 Å². The fourth-order valence-electron chi connectivity index (χ4n) is 2.81. The van der Waals surface area contributed by atoms with E-state index in [1.165, 1.54) is 24.0 Å². The van der Waals surface area contributed by atoms with E-state index in [-0.39, 0.29) is 12.1 Å². The smallest absolute Gasteiger partial charge is 0.0741 e. The zero-order valence-corrected chi connectivity index (χ0v) is 11.6. The van der Waals surface area contributed by atoms with Gasteiger partial charge in [-0.3, -0.25) is 0 Å². The van der Waals surface area contributed by atoms with E-state index in [0.29, 0.717) is 0 Å². The third-order valence-electron chi connectivity index (χ3n) is 4.06. The third-order valence-corrected chi connectivity index (χ3v) is 4.06. The second-order valence-electron chi connectivity index (χ2n) is 5.45. The van der Waals surface area contributed by atoms with Crippen LogP contribution in [0.1, 0.15) is 50.2 Å². The van der Waals surface area contributed by atoms with Gasteiger partial charge in [0.05, 0.1) is 12.1 Å². The van der Waals surface area contributed by atoms with Crippen molar-refractivity contribution in [3.05, 3.63) is 29.3 Å². The molecule has 2 heteroatoms. The second-order valence-corrected chi connectivity index (χ2v) is 5.45. The number of benzene rings is 1. The van der Waals surface area contributed by atoms with Gasteiger partial charge in [-0.1, -0.05) is 32.3 Å². The van der Waals surface area contributed by atoms with Crippen LogP contribution < -0.4 is 5.32 Å². The third kappa shape index (κ3) is 3.26. The van der Waals surface area contributed by atoms with E-state index in [1.807, 2.05) is 0 Å². The summed E-state index contributed by atoms with van der Waals surface area (Å²) in [7, 11) is 0. The second kappa shape index (κ2) is 6.24. The molecule has 2 unspecified atom stereocenters. The van der Waals surface area contributed by atoms with Gasteiger partial charge >= 0.3 is 0 Å². The number of anilines is 1. The van der Waals surface area contributed by atoms with Gasteiger partial charge in [0, 0.05) is 5.69 Å². The molecule has 0 aromatic heterocycles. The van der Waals surface area contributed by atoms with Gasteiger partial charge < -0.3 is 10.4 Å². The van der Waals surface area contributed by atoms with Gasteiger partial charge in [-0.15, -0.1) is 0 Å². The lowest BCUT2D eigenvalue weighted by molar-refractivity contribution is 0.144. The number of rotatable bonds is 3. The molecular formula is C16H25NO. The maximum absolute atomic E-state index is 10.1. The highest BCUT2D eigenvalue weighted by Gasteiger charge is 2.21. The van der Waals surface area contributed by atoms with Crippen molar-refractivity contribution < 1.29 is 5.11 Å². The molecule has 2 N–H and O–H groups in total. The van der Waals surface area contributed by atoms with Crippen LogP contribution in [0.15, 0.2) is 18.2 Å². The molecule has 0 heterocycles. The predicted octanol–water partition coefficient (Wildman–Crippen LogP) is 3.66. The molecule has 0 aliphatic heterocycles. The Kier molecular flexibility index (Phi) is 4.65. The first-order valence-corrected chi connectivity index (χ1v) is 7.25. The Labute approximate surface area is 110 Å². The van der Waals surface area contributed by atoms with Gasteiger partial charge in [-0.2, -0.15) is 0 Å². The fraction of sp³-hybridized carbons (Fsp3) is 0.625. The quantitative estimate of drug-likeness (QED) is 0.799. The van der Waals surface area contributed by atoms with Gasteiger partial charge in [0.1, 0.15) is 0 Å². The van der Waals surface area contributed by atoms with Crippen molar-refractivity contribution >= 4 is 5.69 Å². The standard InChI is InChI=1S/C16H25NO/c1-3-13-11-14(10-9-12(13)2)17-15-7-5-4-6-8-16(15)18/h9-11,15-18H,3-8H2,1-2H3. The number of aliphatic hydroxyl groups is 1. The molecule has 1 aromatic rings. The largest absolute Gasteiger partial charge is 0.391 e. The molecule has 0 amide bonds. The Balaban J connectivity index is 2.07. The molecule has 2 rings (SSSR count). The van der Waals surface area contributed by atoms with Crippen LogP contribution in [-0.4, -0.2) is 17.3 Å². The summed E-state index contributed by atoms with van der Waals surface area (Å²) in [6.45, 7) is 4.34. The van der Waals surface area contributed by atoms with E-state index >= 15 is 0 Å². The first-order chi connectivity index (χ1) is 8.70. The zero-order valence-electron chi connectivity index (χ0n) is 11.6. The molecule has 1 aromatic carbocycles. The molecule has 1 aliphatic rings. The molecule has 1 fully saturated rings. The van der Waals surface area contributed by atoms with E-state index in [9.17, 15) is 5.11 Å². The first kappa shape index (κ1) is 13.4. The van der Waals surface area contributed by atoms with Crippen LogP contribution in [0.4, 0.5) is 5.69 Å². The van der Waals surface area contributed by atoms with Crippen LogP contribution in [0.2, 0.25) is 0 Å². The zero-order chi connectivity index (χ0) is 13.0. The van der Waals surface area contributed by atoms with Gasteiger partial charge in [0.2, 0.25) is 0 Å². The summed E-state index contributed by atoms with van der Waals surface area (Å²) in [6, 6.07) is 6.75. The van der Waals surface area contributed by atoms with E-state index in [4.69, 9.17) is 0 Å². The Morgan fingerprint density at radius 2 is 2.00 bits per heavy atom. The van der Waals surface area contributed by atoms with E-state index in [2.05, 4.69) is 37.4 Å². The van der Waals surface area contributed by atoms with Crippen LogP contribution in [0.5, 0.6) is 0 Å². The summed E-state index contributed by atoms with van der Waals surface area (Å²) in [5.74, 6) is 0. The molecular weight excluding hydrogens is 222 g/mol. The monoisotopic (exact) mass is 247 g/mol. The summed E-state index contributed by atoms with van der Waals surface area (Å²) in [6.07, 6.45) is 6.52. The lowest BCUT2D eigenvalue weighted by atomic mass is 10.0. The summed E-state index contributed by atoms with van der Waals surface area (Å²) in [5.41, 5.74) is 3.90. The van der Waals surface area contributed by atoms with Crippen molar-refractivity contribution in [3.8, 4) is 0 Å². The maximum Gasteiger partial charge on any atom is 0.0741 e. The number of nitrogens with one attached hydrogen (secondary N) is 1. The Morgan fingerprint density at radius 3 is 2.78 bits per heavy atom. The summed E-state index contributed by atoms with van der Waals surface area (Å²) < 4.78 is 0. The van der Waals surface area contributed by atoms with E-state index in [1.54, 1.807) is 0 Å². The minimum absolute atomic E-state index is 0.195. The number of hydrogen-bond acceptors (Lipinski definition) is 2. The molecule has 1 saturated carbocycles. The average Bonchev–Trinajstić information content (AvgIpc) is 2.57. The van der Waals surface area contributed by atoms with Gasteiger partial charge in [0.15, 0.2) is 0 Å². The molecule has 2 atom stereocenters. The summed E-state index contributed by atoms with van der Waals surface area (Å²) in [4.78, 5) is 0. The summed E-state index contributed by atoms with van der Waals surface area (Å²) >= 11 is 0. The molecule has 1 aliphatic carbocycles. The maximum atomic E-state index is 10.1. The number of hydrogen-bond donors (Lipinski definition) is 2. The minimum Gasteiger partial charge on any atom is -0.391 e. The van der Waals surface area contributed by atoms with Crippen LogP contribution in [0.25, 0.3) is 0 Å². The van der Waals surface area contributed by atoms with Crippen molar-refractivity contribution in [2.45, 2.75) is 64.5 Å². The fourth-order valence-corrected chi connectivity index (χ4v) is 2.81. The average molecular weight is 247 g/mol. The van der Waals surface area contributed by atoms with E-state index < -0.39 is 0 Å². The van der Waals surface area contributed by atoms with Crippen LogP contribution in [-0.2, 0) is 6.42 Å². The first-order valence-electron chi connectivity index (χ1n) is 7.25. The highest BCUT2D eigenvalue weighted by atomic mass is 16.3. The Bertz CT molecular complexity index is 389. The summed E-state index contributed by atoms with van der Waals surface area (Å²) in [5, 5.41) is 13.7. The molecule has 18 heavy (non-hydrogen) atoms. The van der Waals surface area contributed by atoms with Crippen LogP contribution >= 0.6 is 0 Å². The van der Waals surface area contributed by atoms with Crippen LogP contribution in [0.3, 0.4) is 0 Å². The van der Waals surface area contributed by atoms with Crippen molar-refractivity contribution in [1.82, 2.24) is 0 Å². The molecule has 100 valence electrons. The van der Waals surface area contributed by atoms with Crippen molar-refractivity contribution in [2.24, 2.45) is 0 Å². The lowest BCUT2D eigenvalue weighted by Crippen LogP contribution is -2.32. The molecule has 0 radical (unpaired) electrons. The Hall–Kier alpha value is -1.02. The molecule has 2 nitrogen and oxygen atoms in total. The number of aliphatic hydroxyl groups excluding tert-OH is 1. The SMILES string of the molecule is CCc1cc(NC2CCCCCC2O)ccc1C. The van der Waals surface area contributed by atoms with Gasteiger partial charge in [0.25, 0.3) is 0 Å². The number of aryl methyl sites for hydroxylation is 2. The molecule has 0 bridgehead atoms. The normalized spacial score (nSPS) is 24.6. The topological polar surface area (TPSA) is 32.3 Å². The minimum atomic E-state index is -0.195. The predicted molar refractivity (Wildman–Crippen MR) is 77.1 cm³/mol.